The first-order valence-electron chi connectivity index (χ1n) is 5.99. The maximum Gasteiger partial charge on any atom is 0.696 e. The van der Waals surface area contributed by atoms with Crippen molar-refractivity contribution in [2.75, 3.05) is 0 Å². The fourth-order valence-corrected chi connectivity index (χ4v) is 2.88. The number of para-hydroxylation sites is 2. The third-order valence-electron chi connectivity index (χ3n) is 3.22. The van der Waals surface area contributed by atoms with Crippen LogP contribution in [0.2, 0.25) is 0 Å². The third kappa shape index (κ3) is 2.04. The molecule has 5 heteroatoms. The van der Waals surface area contributed by atoms with E-state index >= 15 is 0 Å². The first kappa shape index (κ1) is 12.3. The molecule has 0 saturated carbocycles. The van der Waals surface area contributed by atoms with Gasteiger partial charge in [0.15, 0.2) is 6.23 Å². The molecule has 0 amide bonds. The van der Waals surface area contributed by atoms with Crippen molar-refractivity contribution in [3.63, 3.8) is 0 Å². The number of aromatic nitrogens is 1. The fourth-order valence-electron chi connectivity index (χ4n) is 2.52. The van der Waals surface area contributed by atoms with E-state index in [0.29, 0.717) is 0 Å². The molecule has 0 aliphatic carbocycles. The minimum Gasteiger partial charge on any atom is -0.310 e. The van der Waals surface area contributed by atoms with Crippen LogP contribution < -0.4 is 0 Å². The summed E-state index contributed by atoms with van der Waals surface area (Å²) in [6.07, 6.45) is -0.501. The monoisotopic (exact) mass is 274 g/mol. The lowest BCUT2D eigenvalue weighted by atomic mass is 10.2. The number of hydrogen-bond acceptors (Lipinski definition) is 2. The predicted molar refractivity (Wildman–Crippen MR) is 75.1 cm³/mol. The van der Waals surface area contributed by atoms with Crippen LogP contribution >= 0.6 is 8.25 Å². The molecule has 1 heterocycles. The molecular formula is C14H13NO3P+. The molecule has 0 fully saturated rings. The van der Waals surface area contributed by atoms with Crippen LogP contribution in [0.1, 0.15) is 13.2 Å². The zero-order valence-electron chi connectivity index (χ0n) is 10.4. The van der Waals surface area contributed by atoms with Crippen molar-refractivity contribution < 1.29 is 14.0 Å². The van der Waals surface area contributed by atoms with Gasteiger partial charge in [0, 0.05) is 15.3 Å². The summed E-state index contributed by atoms with van der Waals surface area (Å²) in [5, 5.41) is 2.23. The van der Waals surface area contributed by atoms with Crippen molar-refractivity contribution in [3.05, 3.63) is 48.5 Å². The molecule has 4 nitrogen and oxygen atoms in total. The van der Waals surface area contributed by atoms with Crippen molar-refractivity contribution in [1.82, 2.24) is 4.57 Å². The lowest BCUT2D eigenvalue weighted by Crippen LogP contribution is -2.05. The SMILES string of the molecule is CC(O[P+](=O)O)n1c2ccccc2c2ccccc21. The van der Waals surface area contributed by atoms with E-state index in [4.69, 9.17) is 9.42 Å². The number of rotatable bonds is 3. The van der Waals surface area contributed by atoms with E-state index in [1.165, 1.54) is 0 Å². The van der Waals surface area contributed by atoms with Gasteiger partial charge in [-0.2, -0.15) is 0 Å². The molecular weight excluding hydrogens is 261 g/mol. The van der Waals surface area contributed by atoms with Crippen LogP contribution in [-0.4, -0.2) is 9.46 Å². The quantitative estimate of drug-likeness (QED) is 0.735. The van der Waals surface area contributed by atoms with Gasteiger partial charge >= 0.3 is 8.25 Å². The Labute approximate surface area is 111 Å². The Balaban J connectivity index is 2.33. The molecule has 0 aliphatic rings. The summed E-state index contributed by atoms with van der Waals surface area (Å²) in [5.41, 5.74) is 1.99. The molecule has 0 aliphatic heterocycles. The lowest BCUT2D eigenvalue weighted by molar-refractivity contribution is 0.152. The second kappa shape index (κ2) is 4.74. The Hall–Kier alpha value is -1.74. The molecule has 3 rings (SSSR count). The minimum absolute atomic E-state index is 0.501. The van der Waals surface area contributed by atoms with Crippen LogP contribution in [0.3, 0.4) is 0 Å². The van der Waals surface area contributed by atoms with Gasteiger partial charge in [-0.1, -0.05) is 40.9 Å². The first-order valence-corrected chi connectivity index (χ1v) is 7.12. The summed E-state index contributed by atoms with van der Waals surface area (Å²) >= 11 is 0. The summed E-state index contributed by atoms with van der Waals surface area (Å²) in [5.74, 6) is 0. The number of fused-ring (bicyclic) bond motifs is 3. The Bertz CT molecular complexity index is 712. The molecule has 0 bridgehead atoms. The Morgan fingerprint density at radius 2 is 1.53 bits per heavy atom. The third-order valence-corrected chi connectivity index (χ3v) is 3.71. The van der Waals surface area contributed by atoms with E-state index in [2.05, 4.69) is 0 Å². The lowest BCUT2D eigenvalue weighted by Gasteiger charge is -2.10. The van der Waals surface area contributed by atoms with Crippen LogP contribution in [0.25, 0.3) is 21.8 Å². The van der Waals surface area contributed by atoms with Gasteiger partial charge in [-0.25, -0.2) is 0 Å². The number of benzene rings is 2. The molecule has 1 aromatic heterocycles. The smallest absolute Gasteiger partial charge is 0.310 e. The largest absolute Gasteiger partial charge is 0.696 e. The second-order valence-corrected chi connectivity index (χ2v) is 5.03. The van der Waals surface area contributed by atoms with E-state index in [-0.39, 0.29) is 0 Å². The Morgan fingerprint density at radius 1 is 1.05 bits per heavy atom. The highest BCUT2D eigenvalue weighted by atomic mass is 31.1. The van der Waals surface area contributed by atoms with Crippen LogP contribution in [0, 0.1) is 0 Å². The number of nitrogens with zero attached hydrogens (tertiary/aromatic N) is 1. The normalized spacial score (nSPS) is 13.9. The van der Waals surface area contributed by atoms with Crippen LogP contribution in [-0.2, 0) is 9.09 Å². The summed E-state index contributed by atoms with van der Waals surface area (Å²) in [6.45, 7) is 1.77. The van der Waals surface area contributed by atoms with Gasteiger partial charge in [-0.05, 0) is 19.1 Å². The maximum atomic E-state index is 10.9. The first-order chi connectivity index (χ1) is 9.18. The molecule has 1 N–H and O–H groups in total. The molecule has 2 atom stereocenters. The molecule has 0 radical (unpaired) electrons. The molecule has 0 spiro atoms. The van der Waals surface area contributed by atoms with Crippen LogP contribution in [0.15, 0.2) is 48.5 Å². The zero-order valence-corrected chi connectivity index (χ0v) is 11.2. The van der Waals surface area contributed by atoms with E-state index in [1.807, 2.05) is 53.1 Å². The molecule has 0 saturated heterocycles. The average Bonchev–Trinajstić information content (AvgIpc) is 2.72. The van der Waals surface area contributed by atoms with E-state index in [0.717, 1.165) is 21.8 Å². The van der Waals surface area contributed by atoms with Gasteiger partial charge in [-0.3, -0.25) is 0 Å². The molecule has 2 aromatic carbocycles. The number of hydrogen-bond donors (Lipinski definition) is 1. The van der Waals surface area contributed by atoms with Gasteiger partial charge in [0.25, 0.3) is 0 Å². The predicted octanol–water partition coefficient (Wildman–Crippen LogP) is 3.98. The van der Waals surface area contributed by atoms with Crippen LogP contribution in [0.5, 0.6) is 0 Å². The second-order valence-electron chi connectivity index (χ2n) is 4.35. The average molecular weight is 274 g/mol. The highest BCUT2D eigenvalue weighted by Gasteiger charge is 2.23. The Kier molecular flexibility index (Phi) is 3.07. The zero-order chi connectivity index (χ0) is 13.4. The van der Waals surface area contributed by atoms with Crippen molar-refractivity contribution >= 4 is 30.1 Å². The van der Waals surface area contributed by atoms with E-state index in [1.54, 1.807) is 6.92 Å². The van der Waals surface area contributed by atoms with Crippen molar-refractivity contribution in [1.29, 1.82) is 0 Å². The van der Waals surface area contributed by atoms with Gasteiger partial charge in [0.2, 0.25) is 0 Å². The van der Waals surface area contributed by atoms with Gasteiger partial charge in [0.1, 0.15) is 0 Å². The fraction of sp³-hybridized carbons (Fsp3) is 0.143. The highest BCUT2D eigenvalue weighted by molar-refractivity contribution is 7.32. The van der Waals surface area contributed by atoms with Gasteiger partial charge in [0.05, 0.1) is 11.0 Å². The molecule has 19 heavy (non-hydrogen) atoms. The van der Waals surface area contributed by atoms with Crippen LogP contribution in [0.4, 0.5) is 0 Å². The summed E-state index contributed by atoms with van der Waals surface area (Å²) < 4.78 is 17.9. The molecule has 96 valence electrons. The van der Waals surface area contributed by atoms with Gasteiger partial charge < -0.3 is 4.57 Å². The topological polar surface area (TPSA) is 51.5 Å². The summed E-state index contributed by atoms with van der Waals surface area (Å²) in [6, 6.07) is 15.9. The van der Waals surface area contributed by atoms with Gasteiger partial charge in [-0.15, -0.1) is 4.89 Å². The van der Waals surface area contributed by atoms with E-state index in [9.17, 15) is 4.57 Å². The summed E-state index contributed by atoms with van der Waals surface area (Å²) in [4.78, 5) is 8.94. The molecule has 2 unspecified atom stereocenters. The van der Waals surface area contributed by atoms with Crippen molar-refractivity contribution in [2.45, 2.75) is 13.2 Å². The molecule has 3 aromatic rings. The highest BCUT2D eigenvalue weighted by Crippen LogP contribution is 2.34. The van der Waals surface area contributed by atoms with E-state index < -0.39 is 14.5 Å². The summed E-state index contributed by atoms with van der Waals surface area (Å²) in [7, 11) is -2.63. The van der Waals surface area contributed by atoms with Crippen molar-refractivity contribution in [2.24, 2.45) is 0 Å². The minimum atomic E-state index is -2.63. The van der Waals surface area contributed by atoms with Crippen molar-refractivity contribution in [3.8, 4) is 0 Å². The Morgan fingerprint density at radius 3 is 2.00 bits per heavy atom. The maximum absolute atomic E-state index is 10.9. The standard InChI is InChI=1S/C14H12NO3P/c1-10(18-19(16)17)15-13-8-4-2-6-11(13)12-7-3-5-9-14(12)15/h2-10H,1H3/p+1.